The average molecular weight is 545 g/mol. The molecule has 0 radical (unpaired) electrons. The maximum atomic E-state index is 12.9. The Morgan fingerprint density at radius 2 is 1.74 bits per heavy atom. The first-order valence-corrected chi connectivity index (χ1v) is 15.0. The van der Waals surface area contributed by atoms with E-state index in [1.54, 1.807) is 51.1 Å². The molecule has 0 aliphatic carbocycles. The molecule has 1 fully saturated rings. The van der Waals surface area contributed by atoms with E-state index < -0.39 is 25.6 Å². The van der Waals surface area contributed by atoms with E-state index in [0.29, 0.717) is 42.1 Å². The van der Waals surface area contributed by atoms with E-state index in [9.17, 15) is 16.8 Å². The fraction of sp³-hybridized carbons (Fsp3) is 0.500. The Bertz CT molecular complexity index is 1220. The lowest BCUT2D eigenvalue weighted by molar-refractivity contribution is 0.0496. The highest BCUT2D eigenvalue weighted by atomic mass is 35.5. The SMILES string of the molecule is CC(C)(C)NS(=O)(=O)c1ccccc1NS(=O)(=O)CCc1ccc(Cl)cc1OCC1CCOCC1. The van der Waals surface area contributed by atoms with Crippen LogP contribution >= 0.6 is 11.6 Å². The van der Waals surface area contributed by atoms with Crippen molar-refractivity contribution in [1.82, 2.24) is 4.72 Å². The topological polar surface area (TPSA) is 111 Å². The van der Waals surface area contributed by atoms with Crippen molar-refractivity contribution >= 4 is 37.3 Å². The summed E-state index contributed by atoms with van der Waals surface area (Å²) in [6.07, 6.45) is 2.01. The molecule has 0 atom stereocenters. The lowest BCUT2D eigenvalue weighted by Crippen LogP contribution is -2.40. The molecule has 0 bridgehead atoms. The minimum atomic E-state index is -3.94. The van der Waals surface area contributed by atoms with Crippen LogP contribution in [0.3, 0.4) is 0 Å². The van der Waals surface area contributed by atoms with Gasteiger partial charge in [-0.05, 0) is 75.8 Å². The van der Waals surface area contributed by atoms with Crippen molar-refractivity contribution in [3.8, 4) is 5.75 Å². The summed E-state index contributed by atoms with van der Waals surface area (Å²) >= 11 is 6.15. The summed E-state index contributed by atoms with van der Waals surface area (Å²) in [5, 5.41) is 0.502. The molecule has 194 valence electrons. The van der Waals surface area contributed by atoms with Crippen molar-refractivity contribution in [3.05, 3.63) is 53.1 Å². The molecule has 11 heteroatoms. The molecule has 1 heterocycles. The molecule has 35 heavy (non-hydrogen) atoms. The minimum Gasteiger partial charge on any atom is -0.493 e. The normalized spacial score (nSPS) is 15.7. The zero-order valence-corrected chi connectivity index (χ0v) is 22.6. The predicted octanol–water partition coefficient (Wildman–Crippen LogP) is 4.21. The third-order valence-corrected chi connectivity index (χ3v) is 8.69. The second-order valence-electron chi connectivity index (χ2n) is 9.64. The van der Waals surface area contributed by atoms with Gasteiger partial charge in [0.2, 0.25) is 20.0 Å². The number of ether oxygens (including phenoxy) is 2. The van der Waals surface area contributed by atoms with Gasteiger partial charge in [-0.3, -0.25) is 4.72 Å². The number of halogens is 1. The molecule has 2 N–H and O–H groups in total. The fourth-order valence-electron chi connectivity index (χ4n) is 3.70. The Kier molecular flexibility index (Phi) is 9.09. The van der Waals surface area contributed by atoms with Crippen molar-refractivity contribution < 1.29 is 26.3 Å². The maximum Gasteiger partial charge on any atom is 0.243 e. The highest BCUT2D eigenvalue weighted by molar-refractivity contribution is 7.93. The fourth-order valence-corrected chi connectivity index (χ4v) is 6.61. The van der Waals surface area contributed by atoms with Crippen LogP contribution in [0.25, 0.3) is 0 Å². The predicted molar refractivity (Wildman–Crippen MR) is 138 cm³/mol. The van der Waals surface area contributed by atoms with Gasteiger partial charge in [-0.25, -0.2) is 21.6 Å². The Morgan fingerprint density at radius 1 is 1.06 bits per heavy atom. The monoisotopic (exact) mass is 544 g/mol. The molecule has 1 saturated heterocycles. The Labute approximate surface area is 213 Å². The summed E-state index contributed by atoms with van der Waals surface area (Å²) in [5.74, 6) is 0.668. The lowest BCUT2D eigenvalue weighted by atomic mass is 10.0. The van der Waals surface area contributed by atoms with Crippen LogP contribution in [-0.2, 0) is 31.2 Å². The molecular weight excluding hydrogens is 512 g/mol. The molecule has 1 aliphatic rings. The van der Waals surface area contributed by atoms with Crippen LogP contribution in [0.5, 0.6) is 5.75 Å². The smallest absolute Gasteiger partial charge is 0.243 e. The van der Waals surface area contributed by atoms with Crippen molar-refractivity contribution in [3.63, 3.8) is 0 Å². The second-order valence-corrected chi connectivity index (χ2v) is 13.6. The van der Waals surface area contributed by atoms with E-state index >= 15 is 0 Å². The molecule has 0 saturated carbocycles. The van der Waals surface area contributed by atoms with Gasteiger partial charge in [-0.2, -0.15) is 0 Å². The van der Waals surface area contributed by atoms with Gasteiger partial charge in [0.25, 0.3) is 0 Å². The highest BCUT2D eigenvalue weighted by Crippen LogP contribution is 2.27. The van der Waals surface area contributed by atoms with Crippen LogP contribution in [0.4, 0.5) is 5.69 Å². The summed E-state index contributed by atoms with van der Waals surface area (Å²) < 4.78 is 67.9. The number of aryl methyl sites for hydroxylation is 1. The van der Waals surface area contributed by atoms with E-state index in [-0.39, 0.29) is 22.8 Å². The lowest BCUT2D eigenvalue weighted by Gasteiger charge is -2.23. The number of benzene rings is 2. The van der Waals surface area contributed by atoms with E-state index in [0.717, 1.165) is 12.8 Å². The van der Waals surface area contributed by atoms with E-state index in [1.165, 1.54) is 12.1 Å². The van der Waals surface area contributed by atoms with Crippen LogP contribution in [0.15, 0.2) is 47.4 Å². The molecule has 8 nitrogen and oxygen atoms in total. The van der Waals surface area contributed by atoms with E-state index in [1.807, 2.05) is 0 Å². The summed E-state index contributed by atoms with van der Waals surface area (Å²) in [5.41, 5.74) is -0.0148. The molecule has 0 aromatic heterocycles. The number of hydrogen-bond acceptors (Lipinski definition) is 6. The summed E-state index contributed by atoms with van der Waals surface area (Å²) in [6.45, 7) is 7.07. The number of nitrogens with one attached hydrogen (secondary N) is 2. The van der Waals surface area contributed by atoms with Gasteiger partial charge in [-0.15, -0.1) is 0 Å². The van der Waals surface area contributed by atoms with Crippen molar-refractivity contribution in [2.24, 2.45) is 5.92 Å². The van der Waals surface area contributed by atoms with Gasteiger partial charge in [0.15, 0.2) is 0 Å². The minimum absolute atomic E-state index is 0.00338. The Hall–Kier alpha value is -1.85. The first kappa shape index (κ1) is 27.7. The summed E-state index contributed by atoms with van der Waals surface area (Å²) in [4.78, 5) is -0.134. The average Bonchev–Trinajstić information content (AvgIpc) is 2.76. The van der Waals surface area contributed by atoms with Gasteiger partial charge in [-0.1, -0.05) is 29.8 Å². The van der Waals surface area contributed by atoms with Crippen molar-refractivity contribution in [2.75, 3.05) is 30.3 Å². The van der Waals surface area contributed by atoms with Crippen molar-refractivity contribution in [1.29, 1.82) is 0 Å². The van der Waals surface area contributed by atoms with Crippen LogP contribution in [0.2, 0.25) is 5.02 Å². The second kappa shape index (κ2) is 11.5. The number of sulfonamides is 2. The molecule has 0 unspecified atom stereocenters. The Balaban J connectivity index is 1.71. The van der Waals surface area contributed by atoms with Gasteiger partial charge in [0.1, 0.15) is 10.6 Å². The molecule has 2 aromatic rings. The highest BCUT2D eigenvalue weighted by Gasteiger charge is 2.26. The zero-order chi connectivity index (χ0) is 25.7. The van der Waals surface area contributed by atoms with Crippen molar-refractivity contribution in [2.45, 2.75) is 50.5 Å². The Morgan fingerprint density at radius 3 is 2.43 bits per heavy atom. The molecule has 0 amide bonds. The molecule has 2 aromatic carbocycles. The van der Waals surface area contributed by atoms with Gasteiger partial charge in [0, 0.05) is 23.8 Å². The summed E-state index contributed by atoms with van der Waals surface area (Å²) in [7, 11) is -7.81. The third kappa shape index (κ3) is 8.64. The van der Waals surface area contributed by atoms with E-state index in [4.69, 9.17) is 21.1 Å². The molecular formula is C24H33ClN2O6S2. The maximum absolute atomic E-state index is 12.9. The van der Waals surface area contributed by atoms with Crippen LogP contribution in [0.1, 0.15) is 39.2 Å². The van der Waals surface area contributed by atoms with Gasteiger partial charge in [0.05, 0.1) is 18.0 Å². The number of hydrogen-bond donors (Lipinski definition) is 2. The van der Waals surface area contributed by atoms with E-state index in [2.05, 4.69) is 9.44 Å². The number of anilines is 1. The third-order valence-electron chi connectivity index (χ3n) is 5.37. The largest absolute Gasteiger partial charge is 0.493 e. The number of para-hydroxylation sites is 1. The first-order chi connectivity index (χ1) is 16.3. The van der Waals surface area contributed by atoms with Crippen LogP contribution < -0.4 is 14.2 Å². The standard InChI is InChI=1S/C24H33ClN2O6S2/c1-24(2,3)27-35(30,31)23-7-5-4-6-21(23)26-34(28,29)15-12-19-8-9-20(25)16-22(19)33-17-18-10-13-32-14-11-18/h4-9,16,18,26-27H,10-15,17H2,1-3H3. The van der Waals surface area contributed by atoms with Crippen LogP contribution in [-0.4, -0.2) is 47.9 Å². The molecule has 0 spiro atoms. The first-order valence-electron chi connectivity index (χ1n) is 11.5. The zero-order valence-electron chi connectivity index (χ0n) is 20.2. The molecule has 1 aliphatic heterocycles. The quantitative estimate of drug-likeness (QED) is 0.463. The molecule has 3 rings (SSSR count). The van der Waals surface area contributed by atoms with Gasteiger partial charge < -0.3 is 9.47 Å². The van der Waals surface area contributed by atoms with Crippen LogP contribution in [0, 0.1) is 5.92 Å². The number of rotatable bonds is 10. The van der Waals surface area contributed by atoms with Gasteiger partial charge >= 0.3 is 0 Å². The summed E-state index contributed by atoms with van der Waals surface area (Å²) in [6, 6.07) is 11.1.